The van der Waals surface area contributed by atoms with E-state index in [2.05, 4.69) is 0 Å². The molecule has 0 spiro atoms. The van der Waals surface area contributed by atoms with E-state index in [0.29, 0.717) is 6.04 Å². The van der Waals surface area contributed by atoms with E-state index >= 15 is 0 Å². The lowest BCUT2D eigenvalue weighted by atomic mass is 10.9. The van der Waals surface area contributed by atoms with Crippen molar-refractivity contribution in [1.82, 2.24) is 0 Å². The molecular formula is C6H15O4PSi. The van der Waals surface area contributed by atoms with E-state index in [9.17, 15) is 9.36 Å². The molecule has 1 N–H and O–H groups in total. The van der Waals surface area contributed by atoms with E-state index < -0.39 is 21.4 Å². The highest BCUT2D eigenvalue weighted by molar-refractivity contribution is 7.72. The van der Waals surface area contributed by atoms with Gasteiger partial charge in [-0.15, -0.1) is 0 Å². The molecule has 0 aromatic heterocycles. The van der Waals surface area contributed by atoms with Crippen molar-refractivity contribution in [3.63, 3.8) is 0 Å². The van der Waals surface area contributed by atoms with E-state index in [0.717, 1.165) is 6.92 Å². The van der Waals surface area contributed by atoms with Gasteiger partial charge in [-0.25, -0.2) is 0 Å². The van der Waals surface area contributed by atoms with Gasteiger partial charge < -0.3 is 9.11 Å². The molecule has 6 heteroatoms. The minimum Gasteiger partial charge on any atom is -0.346 e. The summed E-state index contributed by atoms with van der Waals surface area (Å²) >= 11 is 0. The fourth-order valence-corrected chi connectivity index (χ4v) is 4.17. The summed E-state index contributed by atoms with van der Waals surface area (Å²) < 4.78 is 16.0. The number of rotatable bonds is 4. The van der Waals surface area contributed by atoms with Gasteiger partial charge in [0.05, 0.1) is 0 Å². The number of carbonyl (C=O) groups excluding carboxylic acids is 1. The Kier molecular flexibility index (Phi) is 3.84. The Hall–Kier alpha value is 0.0369. The first-order valence-electron chi connectivity index (χ1n) is 3.76. The van der Waals surface area contributed by atoms with Crippen molar-refractivity contribution in [2.75, 3.05) is 0 Å². The Morgan fingerprint density at radius 3 is 2.25 bits per heavy atom. The van der Waals surface area contributed by atoms with E-state index in [-0.39, 0.29) is 0 Å². The monoisotopic (exact) mass is 210 g/mol. The summed E-state index contributed by atoms with van der Waals surface area (Å²) in [7, 11) is -6.09. The second-order valence-corrected chi connectivity index (χ2v) is 9.87. The molecule has 0 rings (SSSR count). The Labute approximate surface area is 73.6 Å². The largest absolute Gasteiger partial charge is 0.384 e. The third-order valence-electron chi connectivity index (χ3n) is 1.62. The molecule has 0 fully saturated rings. The highest BCUT2D eigenvalue weighted by Crippen LogP contribution is 2.46. The first-order valence-corrected chi connectivity index (χ1v) is 8.45. The lowest BCUT2D eigenvalue weighted by molar-refractivity contribution is -0.111. The van der Waals surface area contributed by atoms with Crippen molar-refractivity contribution in [2.24, 2.45) is 0 Å². The fourth-order valence-electron chi connectivity index (χ4n) is 0.464. The number of hydrogen-bond donors (Lipinski definition) is 1. The lowest BCUT2D eigenvalue weighted by Gasteiger charge is -2.22. The molecule has 0 bridgehead atoms. The predicted octanol–water partition coefficient (Wildman–Crippen LogP) is 1.96. The standard InChI is InChI=1S/C6H15O4PSi/c1-5-12(3,4)10-11(8,9)6(2)7/h5H2,1-4H3,(H,8,9). The Morgan fingerprint density at radius 1 is 1.58 bits per heavy atom. The summed E-state index contributed by atoms with van der Waals surface area (Å²) in [4.78, 5) is 19.7. The molecule has 0 saturated heterocycles. The second kappa shape index (κ2) is 3.83. The van der Waals surface area contributed by atoms with Crippen molar-refractivity contribution in [2.45, 2.75) is 33.0 Å². The molecule has 12 heavy (non-hydrogen) atoms. The molecule has 0 saturated carbocycles. The van der Waals surface area contributed by atoms with Gasteiger partial charge in [-0.2, -0.15) is 0 Å². The van der Waals surface area contributed by atoms with Crippen LogP contribution in [0, 0.1) is 0 Å². The SMILES string of the molecule is CC[Si](C)(C)OP(=O)(O)C(C)=O. The van der Waals surface area contributed by atoms with Crippen LogP contribution in [0.15, 0.2) is 0 Å². The topological polar surface area (TPSA) is 63.6 Å². The molecule has 0 radical (unpaired) electrons. The third-order valence-corrected chi connectivity index (χ3v) is 7.09. The van der Waals surface area contributed by atoms with Crippen molar-refractivity contribution in [1.29, 1.82) is 0 Å². The van der Waals surface area contributed by atoms with Crippen LogP contribution >= 0.6 is 7.60 Å². The van der Waals surface area contributed by atoms with Gasteiger partial charge in [-0.05, 0) is 19.1 Å². The van der Waals surface area contributed by atoms with Crippen molar-refractivity contribution >= 4 is 21.4 Å². The maximum atomic E-state index is 11.1. The molecule has 0 amide bonds. The van der Waals surface area contributed by atoms with Gasteiger partial charge in [-0.1, -0.05) is 6.92 Å². The summed E-state index contributed by atoms with van der Waals surface area (Å²) in [6.45, 7) is 6.56. The Bertz CT molecular complexity index is 226. The van der Waals surface area contributed by atoms with Crippen LogP contribution in [0.3, 0.4) is 0 Å². The van der Waals surface area contributed by atoms with Crippen molar-refractivity contribution in [3.8, 4) is 0 Å². The van der Waals surface area contributed by atoms with Gasteiger partial charge in [0.15, 0.2) is 8.32 Å². The molecular weight excluding hydrogens is 195 g/mol. The molecule has 4 nitrogen and oxygen atoms in total. The van der Waals surface area contributed by atoms with Crippen molar-refractivity contribution < 1.29 is 18.5 Å². The van der Waals surface area contributed by atoms with Gasteiger partial charge >= 0.3 is 7.60 Å². The summed E-state index contributed by atoms with van der Waals surface area (Å²) in [5, 5.41) is 0. The van der Waals surface area contributed by atoms with Gasteiger partial charge in [-0.3, -0.25) is 9.36 Å². The number of carbonyl (C=O) groups is 1. The maximum Gasteiger partial charge on any atom is 0.384 e. The zero-order valence-electron chi connectivity index (χ0n) is 7.83. The van der Waals surface area contributed by atoms with E-state index in [1.54, 1.807) is 13.1 Å². The second-order valence-electron chi connectivity index (χ2n) is 3.24. The van der Waals surface area contributed by atoms with Crippen LogP contribution in [0.2, 0.25) is 19.1 Å². The van der Waals surface area contributed by atoms with E-state index in [4.69, 9.17) is 9.11 Å². The first-order chi connectivity index (χ1) is 5.21. The summed E-state index contributed by atoms with van der Waals surface area (Å²) in [5.74, 6) is 0. The minimum atomic E-state index is -3.98. The highest BCUT2D eigenvalue weighted by Gasteiger charge is 2.34. The predicted molar refractivity (Wildman–Crippen MR) is 49.6 cm³/mol. The van der Waals surface area contributed by atoms with Crippen LogP contribution in [0.4, 0.5) is 0 Å². The molecule has 0 heterocycles. The van der Waals surface area contributed by atoms with Gasteiger partial charge in [0, 0.05) is 6.92 Å². The lowest BCUT2D eigenvalue weighted by Crippen LogP contribution is -2.28. The van der Waals surface area contributed by atoms with Gasteiger partial charge in [0.25, 0.3) is 0 Å². The molecule has 0 aliphatic rings. The molecule has 72 valence electrons. The zero-order chi connectivity index (χ0) is 9.99. The van der Waals surface area contributed by atoms with Gasteiger partial charge in [0.2, 0.25) is 5.52 Å². The molecule has 0 aliphatic heterocycles. The first kappa shape index (κ1) is 12.0. The molecule has 0 aromatic rings. The summed E-state index contributed by atoms with van der Waals surface area (Å²) in [6, 6.07) is 0.713. The van der Waals surface area contributed by atoms with E-state index in [1.165, 1.54) is 0 Å². The molecule has 1 atom stereocenters. The third kappa shape index (κ3) is 3.63. The van der Waals surface area contributed by atoms with Crippen LogP contribution in [-0.4, -0.2) is 18.7 Å². The van der Waals surface area contributed by atoms with E-state index in [1.807, 2.05) is 6.92 Å². The quantitative estimate of drug-likeness (QED) is 0.569. The average molecular weight is 210 g/mol. The normalized spacial score (nSPS) is 17.1. The highest BCUT2D eigenvalue weighted by atomic mass is 31.2. The van der Waals surface area contributed by atoms with Crippen LogP contribution in [0.25, 0.3) is 0 Å². The van der Waals surface area contributed by atoms with Crippen molar-refractivity contribution in [3.05, 3.63) is 0 Å². The molecule has 0 aromatic carbocycles. The molecule has 1 unspecified atom stereocenters. The van der Waals surface area contributed by atoms with Crippen LogP contribution in [0.5, 0.6) is 0 Å². The average Bonchev–Trinajstić information content (AvgIpc) is 1.85. The number of hydrogen-bond acceptors (Lipinski definition) is 3. The van der Waals surface area contributed by atoms with Crippen LogP contribution in [-0.2, 0) is 13.6 Å². The Morgan fingerprint density at radius 2 is 2.00 bits per heavy atom. The summed E-state index contributed by atoms with van der Waals surface area (Å²) in [5.41, 5.74) is -0.781. The van der Waals surface area contributed by atoms with Crippen LogP contribution in [0.1, 0.15) is 13.8 Å². The summed E-state index contributed by atoms with van der Waals surface area (Å²) in [6.07, 6.45) is 0. The smallest absolute Gasteiger partial charge is 0.346 e. The zero-order valence-corrected chi connectivity index (χ0v) is 9.72. The minimum absolute atomic E-state index is 0.713. The maximum absolute atomic E-state index is 11.1. The Balaban J connectivity index is 4.45. The van der Waals surface area contributed by atoms with Gasteiger partial charge in [0.1, 0.15) is 0 Å². The van der Waals surface area contributed by atoms with Crippen LogP contribution < -0.4 is 0 Å². The fraction of sp³-hybridized carbons (Fsp3) is 0.833. The molecule has 0 aliphatic carbocycles.